The maximum Gasteiger partial charge on any atom is 0.237 e. The largest absolute Gasteiger partial charge is 0.493 e. The fourth-order valence-electron chi connectivity index (χ4n) is 2.09. The fourth-order valence-corrected chi connectivity index (χ4v) is 2.09. The number of hydrogen-bond acceptors (Lipinski definition) is 3. The third-order valence-electron chi connectivity index (χ3n) is 3.37. The number of carbonyl (C=O) groups is 1. The molecule has 1 aromatic rings. The molecule has 3 N–H and O–H groups in total. The lowest BCUT2D eigenvalue weighted by Gasteiger charge is -2.27. The van der Waals surface area contributed by atoms with E-state index in [4.69, 9.17) is 10.5 Å². The van der Waals surface area contributed by atoms with Crippen LogP contribution in [0.5, 0.6) is 5.75 Å². The van der Waals surface area contributed by atoms with Crippen molar-refractivity contribution in [2.75, 3.05) is 13.2 Å². The van der Waals surface area contributed by atoms with Gasteiger partial charge in [0.2, 0.25) is 5.91 Å². The molecule has 0 fully saturated rings. The third-order valence-corrected chi connectivity index (χ3v) is 3.37. The molecule has 0 bridgehead atoms. The number of ether oxygens (including phenoxy) is 1. The van der Waals surface area contributed by atoms with Crippen LogP contribution in [-0.2, 0) is 4.79 Å². The standard InChI is InChI=1S/C16H26N2O2/c1-5-7-18-16(4,15(17)19)6-8-20-14-10-12(2)9-13(3)11-14/h9-11,18H,5-8H2,1-4H3,(H2,17,19). The number of nitrogens with one attached hydrogen (secondary N) is 1. The van der Waals surface area contributed by atoms with Gasteiger partial charge in [0.1, 0.15) is 5.75 Å². The van der Waals surface area contributed by atoms with Crippen molar-refractivity contribution >= 4 is 5.91 Å². The van der Waals surface area contributed by atoms with Gasteiger partial charge >= 0.3 is 0 Å². The topological polar surface area (TPSA) is 64.3 Å². The van der Waals surface area contributed by atoms with Gasteiger partial charge in [-0.15, -0.1) is 0 Å². The molecule has 1 unspecified atom stereocenters. The molecule has 112 valence electrons. The zero-order chi connectivity index (χ0) is 15.2. The second-order valence-corrected chi connectivity index (χ2v) is 5.55. The summed E-state index contributed by atoms with van der Waals surface area (Å²) in [6.45, 7) is 9.19. The van der Waals surface area contributed by atoms with Crippen LogP contribution in [0.15, 0.2) is 18.2 Å². The van der Waals surface area contributed by atoms with Gasteiger partial charge < -0.3 is 15.8 Å². The summed E-state index contributed by atoms with van der Waals surface area (Å²) in [5, 5.41) is 3.20. The summed E-state index contributed by atoms with van der Waals surface area (Å²) in [6, 6.07) is 6.09. The minimum atomic E-state index is -0.713. The second-order valence-electron chi connectivity index (χ2n) is 5.55. The highest BCUT2D eigenvalue weighted by Crippen LogP contribution is 2.18. The average molecular weight is 278 g/mol. The Hall–Kier alpha value is -1.55. The molecular weight excluding hydrogens is 252 g/mol. The van der Waals surface area contributed by atoms with Gasteiger partial charge in [-0.1, -0.05) is 13.0 Å². The van der Waals surface area contributed by atoms with E-state index in [0.29, 0.717) is 13.0 Å². The number of rotatable bonds is 8. The van der Waals surface area contributed by atoms with Crippen molar-refractivity contribution in [3.8, 4) is 5.75 Å². The molecule has 1 atom stereocenters. The van der Waals surface area contributed by atoms with Gasteiger partial charge in [0, 0.05) is 6.42 Å². The second kappa shape index (κ2) is 7.29. The van der Waals surface area contributed by atoms with E-state index in [1.54, 1.807) is 0 Å². The number of hydrogen-bond donors (Lipinski definition) is 2. The Labute approximate surface area is 121 Å². The molecular formula is C16H26N2O2. The van der Waals surface area contributed by atoms with Crippen molar-refractivity contribution in [2.24, 2.45) is 5.73 Å². The molecule has 0 spiro atoms. The zero-order valence-electron chi connectivity index (χ0n) is 13.0. The monoisotopic (exact) mass is 278 g/mol. The van der Waals surface area contributed by atoms with Crippen molar-refractivity contribution in [1.29, 1.82) is 0 Å². The van der Waals surface area contributed by atoms with E-state index in [-0.39, 0.29) is 5.91 Å². The van der Waals surface area contributed by atoms with Crippen LogP contribution in [0, 0.1) is 13.8 Å². The Bertz CT molecular complexity index is 440. The molecule has 0 radical (unpaired) electrons. The highest BCUT2D eigenvalue weighted by atomic mass is 16.5. The first-order chi connectivity index (χ1) is 9.37. The molecule has 4 heteroatoms. The predicted octanol–water partition coefficient (Wildman–Crippen LogP) is 2.32. The number of carbonyl (C=O) groups excluding carboxylic acids is 1. The third kappa shape index (κ3) is 4.85. The maximum absolute atomic E-state index is 11.6. The summed E-state index contributed by atoms with van der Waals surface area (Å²) in [7, 11) is 0. The molecule has 0 aromatic heterocycles. The van der Waals surface area contributed by atoms with Crippen LogP contribution >= 0.6 is 0 Å². The Balaban J connectivity index is 2.58. The highest BCUT2D eigenvalue weighted by Gasteiger charge is 2.29. The molecule has 1 amide bonds. The van der Waals surface area contributed by atoms with Crippen LogP contribution in [0.4, 0.5) is 0 Å². The van der Waals surface area contributed by atoms with Gasteiger partial charge in [-0.2, -0.15) is 0 Å². The Morgan fingerprint density at radius 1 is 1.30 bits per heavy atom. The lowest BCUT2D eigenvalue weighted by atomic mass is 9.97. The van der Waals surface area contributed by atoms with Crippen molar-refractivity contribution in [2.45, 2.75) is 46.1 Å². The first kappa shape index (κ1) is 16.5. The molecule has 0 aliphatic carbocycles. The van der Waals surface area contributed by atoms with Crippen LogP contribution in [0.2, 0.25) is 0 Å². The summed E-state index contributed by atoms with van der Waals surface area (Å²) >= 11 is 0. The highest BCUT2D eigenvalue weighted by molar-refractivity contribution is 5.84. The number of primary amides is 1. The van der Waals surface area contributed by atoms with Crippen LogP contribution in [0.25, 0.3) is 0 Å². The molecule has 0 saturated carbocycles. The minimum Gasteiger partial charge on any atom is -0.493 e. The zero-order valence-corrected chi connectivity index (χ0v) is 13.0. The number of aryl methyl sites for hydroxylation is 2. The molecule has 1 rings (SSSR count). The van der Waals surface area contributed by atoms with Crippen molar-refractivity contribution < 1.29 is 9.53 Å². The van der Waals surface area contributed by atoms with Crippen molar-refractivity contribution in [3.05, 3.63) is 29.3 Å². The molecule has 0 aliphatic heterocycles. The summed E-state index contributed by atoms with van der Waals surface area (Å²) in [4.78, 5) is 11.6. The maximum atomic E-state index is 11.6. The molecule has 0 heterocycles. The SMILES string of the molecule is CCCNC(C)(CCOc1cc(C)cc(C)c1)C(N)=O. The Morgan fingerprint density at radius 2 is 1.90 bits per heavy atom. The van der Waals surface area contributed by atoms with Gasteiger partial charge in [-0.3, -0.25) is 4.79 Å². The van der Waals surface area contributed by atoms with E-state index < -0.39 is 5.54 Å². The van der Waals surface area contributed by atoms with E-state index in [1.165, 1.54) is 11.1 Å². The van der Waals surface area contributed by atoms with Gasteiger partial charge in [-0.25, -0.2) is 0 Å². The quantitative estimate of drug-likeness (QED) is 0.767. The number of amides is 1. The summed E-state index contributed by atoms with van der Waals surface area (Å²) < 4.78 is 5.75. The normalized spacial score (nSPS) is 13.8. The molecule has 4 nitrogen and oxygen atoms in total. The number of nitrogens with two attached hydrogens (primary N) is 1. The first-order valence-corrected chi connectivity index (χ1v) is 7.13. The van der Waals surface area contributed by atoms with E-state index in [9.17, 15) is 4.79 Å². The Morgan fingerprint density at radius 3 is 2.40 bits per heavy atom. The summed E-state index contributed by atoms with van der Waals surface area (Å²) in [6.07, 6.45) is 1.51. The Kier molecular flexibility index (Phi) is 6.02. The molecule has 20 heavy (non-hydrogen) atoms. The van der Waals surface area contributed by atoms with Crippen LogP contribution in [-0.4, -0.2) is 24.6 Å². The van der Waals surface area contributed by atoms with E-state index in [2.05, 4.69) is 18.3 Å². The van der Waals surface area contributed by atoms with Gasteiger partial charge in [0.15, 0.2) is 0 Å². The molecule has 0 aliphatic rings. The van der Waals surface area contributed by atoms with Crippen LogP contribution in [0.3, 0.4) is 0 Å². The van der Waals surface area contributed by atoms with Crippen LogP contribution < -0.4 is 15.8 Å². The molecule has 1 aromatic carbocycles. The van der Waals surface area contributed by atoms with Crippen molar-refractivity contribution in [3.63, 3.8) is 0 Å². The molecule has 0 saturated heterocycles. The minimum absolute atomic E-state index is 0.338. The first-order valence-electron chi connectivity index (χ1n) is 7.13. The summed E-state index contributed by atoms with van der Waals surface area (Å²) in [5.41, 5.74) is 7.11. The average Bonchev–Trinajstić information content (AvgIpc) is 2.35. The van der Waals surface area contributed by atoms with E-state index in [1.807, 2.05) is 32.9 Å². The van der Waals surface area contributed by atoms with Gasteiger partial charge in [-0.05, 0) is 57.0 Å². The lowest BCUT2D eigenvalue weighted by Crippen LogP contribution is -2.54. The fraction of sp³-hybridized carbons (Fsp3) is 0.562. The number of benzene rings is 1. The predicted molar refractivity (Wildman–Crippen MR) is 81.9 cm³/mol. The smallest absolute Gasteiger partial charge is 0.237 e. The van der Waals surface area contributed by atoms with Gasteiger partial charge in [0.25, 0.3) is 0 Å². The van der Waals surface area contributed by atoms with Gasteiger partial charge in [0.05, 0.1) is 12.1 Å². The van der Waals surface area contributed by atoms with E-state index >= 15 is 0 Å². The summed E-state index contributed by atoms with van der Waals surface area (Å²) in [5.74, 6) is 0.500. The van der Waals surface area contributed by atoms with Crippen LogP contribution in [0.1, 0.15) is 37.8 Å². The van der Waals surface area contributed by atoms with E-state index in [0.717, 1.165) is 18.7 Å². The van der Waals surface area contributed by atoms with Crippen molar-refractivity contribution in [1.82, 2.24) is 5.32 Å². The lowest BCUT2D eigenvalue weighted by molar-refractivity contribution is -0.124.